The van der Waals surface area contributed by atoms with Crippen LogP contribution >= 0.6 is 15.9 Å². The van der Waals surface area contributed by atoms with Gasteiger partial charge in [-0.15, -0.1) is 0 Å². The van der Waals surface area contributed by atoms with Crippen LogP contribution in [0, 0.1) is 5.92 Å². The second kappa shape index (κ2) is 7.95. The molecule has 0 radical (unpaired) electrons. The third kappa shape index (κ3) is 4.82. The Morgan fingerprint density at radius 2 is 2.10 bits per heavy atom. The molecule has 0 bridgehead atoms. The van der Waals surface area contributed by atoms with E-state index in [1.807, 2.05) is 6.92 Å². The molecule has 1 aliphatic carbocycles. The zero-order valence-electron chi connectivity index (χ0n) is 12.8. The number of hydrogen-bond acceptors (Lipinski definition) is 3. The van der Waals surface area contributed by atoms with Crippen LogP contribution in [-0.4, -0.2) is 18.6 Å². The molecule has 3 atom stereocenters. The molecule has 0 spiro atoms. The maximum Gasteiger partial charge on any atom is 0.308 e. The predicted octanol–water partition coefficient (Wildman–Crippen LogP) is 4.22. The molecular formula is C17H24BrNO2. The molecule has 3 unspecified atom stereocenters. The Hall–Kier alpha value is -0.870. The van der Waals surface area contributed by atoms with Crippen LogP contribution in [0.3, 0.4) is 0 Å². The maximum atomic E-state index is 11.9. The van der Waals surface area contributed by atoms with Crippen molar-refractivity contribution in [2.24, 2.45) is 5.92 Å². The molecule has 0 aromatic heterocycles. The van der Waals surface area contributed by atoms with Gasteiger partial charge in [0.15, 0.2) is 0 Å². The van der Waals surface area contributed by atoms with Crippen molar-refractivity contribution >= 4 is 21.9 Å². The van der Waals surface area contributed by atoms with Gasteiger partial charge in [0.05, 0.1) is 12.5 Å². The van der Waals surface area contributed by atoms with Gasteiger partial charge in [0, 0.05) is 16.6 Å². The molecule has 1 fully saturated rings. The zero-order valence-corrected chi connectivity index (χ0v) is 14.4. The zero-order chi connectivity index (χ0) is 15.2. The average molecular weight is 354 g/mol. The number of hydrogen-bond donors (Lipinski definition) is 1. The highest BCUT2D eigenvalue weighted by Crippen LogP contribution is 2.27. The summed E-state index contributed by atoms with van der Waals surface area (Å²) in [5.74, 6) is 0.0358. The standard InChI is InChI=1S/C17H24BrNO2/c1-3-21-17(20)14-5-4-6-16(11-14)19-12(2)13-7-9-15(18)10-8-13/h7-10,12,14,16,19H,3-6,11H2,1-2H3. The number of ether oxygens (including phenoxy) is 1. The van der Waals surface area contributed by atoms with Crippen LogP contribution in [0.4, 0.5) is 0 Å². The Morgan fingerprint density at radius 1 is 1.38 bits per heavy atom. The van der Waals surface area contributed by atoms with Gasteiger partial charge in [-0.2, -0.15) is 0 Å². The van der Waals surface area contributed by atoms with Gasteiger partial charge in [0.1, 0.15) is 0 Å². The van der Waals surface area contributed by atoms with Crippen molar-refractivity contribution in [1.82, 2.24) is 5.32 Å². The van der Waals surface area contributed by atoms with Crippen molar-refractivity contribution in [1.29, 1.82) is 0 Å². The molecule has 4 heteroatoms. The molecule has 0 aliphatic heterocycles. The van der Waals surface area contributed by atoms with Crippen LogP contribution in [0.15, 0.2) is 28.7 Å². The van der Waals surface area contributed by atoms with Gasteiger partial charge in [-0.3, -0.25) is 4.79 Å². The first-order valence-corrected chi connectivity index (χ1v) is 8.57. The van der Waals surface area contributed by atoms with E-state index in [1.54, 1.807) is 0 Å². The Balaban J connectivity index is 1.89. The monoisotopic (exact) mass is 353 g/mol. The van der Waals surface area contributed by atoms with E-state index < -0.39 is 0 Å². The fourth-order valence-corrected chi connectivity index (χ4v) is 3.28. The molecule has 21 heavy (non-hydrogen) atoms. The summed E-state index contributed by atoms with van der Waals surface area (Å²) in [4.78, 5) is 11.9. The van der Waals surface area contributed by atoms with Crippen molar-refractivity contribution in [2.75, 3.05) is 6.61 Å². The third-order valence-corrected chi connectivity index (χ3v) is 4.68. The first-order chi connectivity index (χ1) is 10.1. The lowest BCUT2D eigenvalue weighted by Crippen LogP contribution is -2.38. The van der Waals surface area contributed by atoms with E-state index in [0.29, 0.717) is 18.7 Å². The average Bonchev–Trinajstić information content (AvgIpc) is 2.48. The van der Waals surface area contributed by atoms with E-state index in [1.165, 1.54) is 5.56 Å². The van der Waals surface area contributed by atoms with Gasteiger partial charge in [-0.05, 0) is 50.8 Å². The van der Waals surface area contributed by atoms with Crippen LogP contribution < -0.4 is 5.32 Å². The molecule has 1 aliphatic rings. The summed E-state index contributed by atoms with van der Waals surface area (Å²) in [5.41, 5.74) is 1.27. The van der Waals surface area contributed by atoms with E-state index >= 15 is 0 Å². The van der Waals surface area contributed by atoms with E-state index in [2.05, 4.69) is 52.4 Å². The molecule has 1 saturated carbocycles. The van der Waals surface area contributed by atoms with Gasteiger partial charge >= 0.3 is 5.97 Å². The van der Waals surface area contributed by atoms with Crippen LogP contribution in [0.2, 0.25) is 0 Å². The number of carbonyl (C=O) groups excluding carboxylic acids is 1. The van der Waals surface area contributed by atoms with Gasteiger partial charge < -0.3 is 10.1 Å². The molecule has 1 aromatic rings. The summed E-state index contributed by atoms with van der Waals surface area (Å²) >= 11 is 3.46. The predicted molar refractivity (Wildman–Crippen MR) is 88.1 cm³/mol. The smallest absolute Gasteiger partial charge is 0.308 e. The second-order valence-corrected chi connectivity index (χ2v) is 6.67. The van der Waals surface area contributed by atoms with E-state index in [4.69, 9.17) is 4.74 Å². The fraction of sp³-hybridized carbons (Fsp3) is 0.588. The number of rotatable bonds is 5. The van der Waals surface area contributed by atoms with Crippen LogP contribution in [0.5, 0.6) is 0 Å². The topological polar surface area (TPSA) is 38.3 Å². The first kappa shape index (κ1) is 16.5. The number of esters is 1. The van der Waals surface area contributed by atoms with Gasteiger partial charge in [0.2, 0.25) is 0 Å². The molecule has 2 rings (SSSR count). The minimum absolute atomic E-state index is 0.0275. The van der Waals surface area contributed by atoms with Crippen LogP contribution in [0.25, 0.3) is 0 Å². The Bertz CT molecular complexity index is 460. The Labute approximate surface area is 135 Å². The van der Waals surface area contributed by atoms with Gasteiger partial charge in [0.25, 0.3) is 0 Å². The SMILES string of the molecule is CCOC(=O)C1CCCC(NC(C)c2ccc(Br)cc2)C1. The van der Waals surface area contributed by atoms with E-state index in [0.717, 1.165) is 30.2 Å². The minimum atomic E-state index is -0.0275. The molecule has 3 nitrogen and oxygen atoms in total. The lowest BCUT2D eigenvalue weighted by atomic mass is 9.85. The number of carbonyl (C=O) groups is 1. The third-order valence-electron chi connectivity index (χ3n) is 4.15. The summed E-state index contributed by atoms with van der Waals surface area (Å²) in [5, 5.41) is 3.66. The lowest BCUT2D eigenvalue weighted by Gasteiger charge is -2.31. The van der Waals surface area contributed by atoms with Crippen molar-refractivity contribution < 1.29 is 9.53 Å². The summed E-state index contributed by atoms with van der Waals surface area (Å²) in [6, 6.07) is 9.09. The highest BCUT2D eigenvalue weighted by Gasteiger charge is 2.28. The number of nitrogens with one attached hydrogen (secondary N) is 1. The summed E-state index contributed by atoms with van der Waals surface area (Å²) in [6.45, 7) is 4.52. The maximum absolute atomic E-state index is 11.9. The molecule has 0 saturated heterocycles. The van der Waals surface area contributed by atoms with Crippen molar-refractivity contribution in [3.05, 3.63) is 34.3 Å². The second-order valence-electron chi connectivity index (χ2n) is 5.75. The first-order valence-electron chi connectivity index (χ1n) is 7.78. The molecule has 0 amide bonds. The molecular weight excluding hydrogens is 330 g/mol. The summed E-state index contributed by atoms with van der Waals surface area (Å²) in [7, 11) is 0. The molecule has 1 aromatic carbocycles. The van der Waals surface area contributed by atoms with Crippen LogP contribution in [-0.2, 0) is 9.53 Å². The molecule has 0 heterocycles. The largest absolute Gasteiger partial charge is 0.466 e. The minimum Gasteiger partial charge on any atom is -0.466 e. The lowest BCUT2D eigenvalue weighted by molar-refractivity contribution is -0.149. The molecule has 116 valence electrons. The fourth-order valence-electron chi connectivity index (χ4n) is 3.02. The summed E-state index contributed by atoms with van der Waals surface area (Å²) in [6.07, 6.45) is 4.08. The Morgan fingerprint density at radius 3 is 2.76 bits per heavy atom. The number of benzene rings is 1. The van der Waals surface area contributed by atoms with Crippen molar-refractivity contribution in [2.45, 2.75) is 51.6 Å². The van der Waals surface area contributed by atoms with Gasteiger partial charge in [-0.25, -0.2) is 0 Å². The van der Waals surface area contributed by atoms with E-state index in [9.17, 15) is 4.79 Å². The highest BCUT2D eigenvalue weighted by atomic mass is 79.9. The van der Waals surface area contributed by atoms with Crippen LogP contribution in [0.1, 0.15) is 51.1 Å². The highest BCUT2D eigenvalue weighted by molar-refractivity contribution is 9.10. The summed E-state index contributed by atoms with van der Waals surface area (Å²) < 4.78 is 6.26. The van der Waals surface area contributed by atoms with Crippen molar-refractivity contribution in [3.63, 3.8) is 0 Å². The molecule has 1 N–H and O–H groups in total. The van der Waals surface area contributed by atoms with Crippen molar-refractivity contribution in [3.8, 4) is 0 Å². The quantitative estimate of drug-likeness (QED) is 0.805. The van der Waals surface area contributed by atoms with Gasteiger partial charge in [-0.1, -0.05) is 34.5 Å². The Kier molecular flexibility index (Phi) is 6.24. The van der Waals surface area contributed by atoms with E-state index in [-0.39, 0.29) is 11.9 Å². The normalized spacial score (nSPS) is 23.6. The number of halogens is 1.